The molecular formula is C37H32ClN3O5. The molecule has 0 N–H and O–H groups in total. The van der Waals surface area contributed by atoms with Gasteiger partial charge in [-0.25, -0.2) is 0 Å². The van der Waals surface area contributed by atoms with Crippen molar-refractivity contribution in [1.29, 1.82) is 0 Å². The van der Waals surface area contributed by atoms with Crippen LogP contribution >= 0.6 is 11.6 Å². The van der Waals surface area contributed by atoms with Crippen LogP contribution in [0.2, 0.25) is 5.02 Å². The van der Waals surface area contributed by atoms with E-state index in [1.165, 1.54) is 12.1 Å². The zero-order chi connectivity index (χ0) is 32.0. The first-order valence-corrected chi connectivity index (χ1v) is 15.4. The Hall–Kier alpha value is -5.34. The van der Waals surface area contributed by atoms with Crippen LogP contribution in [-0.2, 0) is 19.7 Å². The number of hydrogen-bond acceptors (Lipinski definition) is 6. The fourth-order valence-electron chi connectivity index (χ4n) is 5.74. The number of nitro groups is 1. The van der Waals surface area contributed by atoms with Gasteiger partial charge in [-0.1, -0.05) is 90.5 Å². The maximum atomic E-state index is 14.4. The van der Waals surface area contributed by atoms with Crippen molar-refractivity contribution in [3.8, 4) is 11.5 Å². The van der Waals surface area contributed by atoms with Crippen LogP contribution in [0.25, 0.3) is 0 Å². The van der Waals surface area contributed by atoms with E-state index in [1.54, 1.807) is 11.0 Å². The number of carbonyl (C=O) groups excluding carboxylic acids is 1. The highest BCUT2D eigenvalue weighted by atomic mass is 35.5. The van der Waals surface area contributed by atoms with Gasteiger partial charge in [0.2, 0.25) is 0 Å². The first-order valence-electron chi connectivity index (χ1n) is 15.0. The summed E-state index contributed by atoms with van der Waals surface area (Å²) in [4.78, 5) is 29.5. The van der Waals surface area contributed by atoms with Crippen LogP contribution in [0, 0.1) is 10.1 Å². The van der Waals surface area contributed by atoms with Gasteiger partial charge in [0, 0.05) is 30.2 Å². The van der Waals surface area contributed by atoms with Gasteiger partial charge in [0.05, 0.1) is 22.8 Å². The van der Waals surface area contributed by atoms with Gasteiger partial charge in [-0.2, -0.15) is 0 Å². The number of carbonyl (C=O) groups is 1. The minimum atomic E-state index is -0.567. The van der Waals surface area contributed by atoms with Gasteiger partial charge in [-0.3, -0.25) is 14.9 Å². The fourth-order valence-corrected chi connectivity index (χ4v) is 5.95. The molecule has 0 aromatic heterocycles. The largest absolute Gasteiger partial charge is 0.490 e. The number of amides is 1. The summed E-state index contributed by atoms with van der Waals surface area (Å²) in [6, 6.07) is 37.4. The van der Waals surface area contributed by atoms with E-state index in [1.807, 2.05) is 110 Å². The molecule has 1 amide bonds. The highest BCUT2D eigenvalue weighted by molar-refractivity contribution is 6.30. The Morgan fingerprint density at radius 3 is 2.07 bits per heavy atom. The molecule has 9 heteroatoms. The lowest BCUT2D eigenvalue weighted by Gasteiger charge is -2.46. The van der Waals surface area contributed by atoms with Crippen molar-refractivity contribution in [3.05, 3.63) is 164 Å². The molecule has 1 atom stereocenters. The molecule has 6 rings (SSSR count). The first kappa shape index (κ1) is 30.7. The third-order valence-electron chi connectivity index (χ3n) is 7.82. The van der Waals surface area contributed by atoms with Gasteiger partial charge < -0.3 is 19.3 Å². The number of nitro benzene ring substituents is 1. The van der Waals surface area contributed by atoms with Gasteiger partial charge in [0.15, 0.2) is 11.5 Å². The van der Waals surface area contributed by atoms with Crippen molar-refractivity contribution in [3.63, 3.8) is 0 Å². The molecule has 0 spiro atoms. The number of non-ortho nitro benzene ring substituents is 1. The molecule has 1 aliphatic heterocycles. The molecule has 0 fully saturated rings. The number of anilines is 1. The van der Waals surface area contributed by atoms with E-state index >= 15 is 0 Å². The third kappa shape index (κ3) is 6.67. The smallest absolute Gasteiger partial charge is 0.270 e. The Labute approximate surface area is 272 Å². The molecule has 0 saturated heterocycles. The van der Waals surface area contributed by atoms with Gasteiger partial charge in [0.1, 0.15) is 12.8 Å². The molecule has 46 heavy (non-hydrogen) atoms. The van der Waals surface area contributed by atoms with Crippen LogP contribution < -0.4 is 14.4 Å². The molecule has 1 heterocycles. The summed E-state index contributed by atoms with van der Waals surface area (Å²) in [5.41, 5.74) is 4.45. The Bertz CT molecular complexity index is 1850. The van der Waals surface area contributed by atoms with E-state index in [9.17, 15) is 14.9 Å². The summed E-state index contributed by atoms with van der Waals surface area (Å²) in [5, 5.41) is 12.4. The number of nitrogens with zero attached hydrogens (tertiary/aromatic N) is 3. The normalized spacial score (nSPS) is 14.1. The summed E-state index contributed by atoms with van der Waals surface area (Å²) in [6.45, 7) is 3.35. The van der Waals surface area contributed by atoms with Crippen molar-refractivity contribution in [2.75, 3.05) is 11.5 Å². The van der Waals surface area contributed by atoms with E-state index in [4.69, 9.17) is 21.1 Å². The SMILES string of the molecule is CCOc1cc([C@@H]2N(Cc3ccccc3)C(=O)c3cc([N+](=O)[O-])ccc3N2Cc2ccccc2)ccc1OCc1cccc(Cl)c1. The predicted octanol–water partition coefficient (Wildman–Crippen LogP) is 8.59. The van der Waals surface area contributed by atoms with Crippen molar-refractivity contribution in [2.24, 2.45) is 0 Å². The zero-order valence-electron chi connectivity index (χ0n) is 25.2. The average molecular weight is 634 g/mol. The summed E-state index contributed by atoms with van der Waals surface area (Å²) in [5.74, 6) is 0.812. The summed E-state index contributed by atoms with van der Waals surface area (Å²) in [7, 11) is 0. The average Bonchev–Trinajstić information content (AvgIpc) is 3.07. The summed E-state index contributed by atoms with van der Waals surface area (Å²) < 4.78 is 12.3. The Morgan fingerprint density at radius 1 is 0.739 bits per heavy atom. The molecule has 0 saturated carbocycles. The third-order valence-corrected chi connectivity index (χ3v) is 8.06. The van der Waals surface area contributed by atoms with Crippen LogP contribution in [0.4, 0.5) is 11.4 Å². The topological polar surface area (TPSA) is 85.1 Å². The predicted molar refractivity (Wildman–Crippen MR) is 178 cm³/mol. The standard InChI is InChI=1S/C37H32ClN3O5/c1-2-45-35-21-29(16-19-34(35)46-25-28-14-9-15-30(38)20-28)36-39(23-26-10-5-3-6-11-26)33-18-17-31(41(43)44)22-32(33)37(42)40(36)24-27-12-7-4-8-13-27/h3-22,36H,2,23-25H2,1H3/t36-/m0/s1. The quantitative estimate of drug-likeness (QED) is 0.107. The number of rotatable bonds is 11. The first-order chi connectivity index (χ1) is 22.4. The van der Waals surface area contributed by atoms with Gasteiger partial charge in [0.25, 0.3) is 11.6 Å². The number of benzene rings is 5. The maximum absolute atomic E-state index is 14.4. The van der Waals surface area contributed by atoms with Crippen molar-refractivity contribution < 1.29 is 19.2 Å². The van der Waals surface area contributed by atoms with Crippen LogP contribution in [0.1, 0.15) is 45.7 Å². The van der Waals surface area contributed by atoms with E-state index < -0.39 is 11.1 Å². The molecule has 8 nitrogen and oxygen atoms in total. The zero-order valence-corrected chi connectivity index (χ0v) is 26.0. The van der Waals surface area contributed by atoms with Gasteiger partial charge >= 0.3 is 0 Å². The van der Waals surface area contributed by atoms with Crippen molar-refractivity contribution in [2.45, 2.75) is 32.8 Å². The molecular weight excluding hydrogens is 602 g/mol. The molecule has 0 radical (unpaired) electrons. The van der Waals surface area contributed by atoms with Gasteiger partial charge in [-0.15, -0.1) is 0 Å². The number of hydrogen-bond donors (Lipinski definition) is 0. The number of halogens is 1. The Balaban J connectivity index is 1.47. The molecule has 5 aromatic carbocycles. The van der Waals surface area contributed by atoms with Crippen molar-refractivity contribution in [1.82, 2.24) is 4.90 Å². The van der Waals surface area contributed by atoms with Crippen LogP contribution in [-0.4, -0.2) is 22.3 Å². The Morgan fingerprint density at radius 2 is 1.41 bits per heavy atom. The molecule has 0 aliphatic carbocycles. The minimum Gasteiger partial charge on any atom is -0.490 e. The summed E-state index contributed by atoms with van der Waals surface area (Å²) in [6.07, 6.45) is -0.567. The number of fused-ring (bicyclic) bond motifs is 1. The molecule has 0 unspecified atom stereocenters. The molecule has 0 bridgehead atoms. The van der Waals surface area contributed by atoms with Crippen molar-refractivity contribution >= 4 is 28.9 Å². The van der Waals surface area contributed by atoms with Crippen LogP contribution in [0.3, 0.4) is 0 Å². The highest BCUT2D eigenvalue weighted by Crippen LogP contribution is 2.44. The van der Waals surface area contributed by atoms with E-state index in [0.29, 0.717) is 42.0 Å². The second-order valence-corrected chi connectivity index (χ2v) is 11.4. The maximum Gasteiger partial charge on any atom is 0.270 e. The van der Waals surface area contributed by atoms with E-state index in [2.05, 4.69) is 4.90 Å². The molecule has 232 valence electrons. The van der Waals surface area contributed by atoms with E-state index in [-0.39, 0.29) is 23.7 Å². The lowest BCUT2D eigenvalue weighted by molar-refractivity contribution is -0.384. The lowest BCUT2D eigenvalue weighted by Crippen LogP contribution is -2.48. The fraction of sp³-hybridized carbons (Fsp3) is 0.162. The molecule has 1 aliphatic rings. The summed E-state index contributed by atoms with van der Waals surface area (Å²) >= 11 is 6.18. The second-order valence-electron chi connectivity index (χ2n) is 10.9. The van der Waals surface area contributed by atoms with Gasteiger partial charge in [-0.05, 0) is 59.5 Å². The lowest BCUT2D eigenvalue weighted by atomic mass is 9.98. The van der Waals surface area contributed by atoms with E-state index in [0.717, 1.165) is 22.3 Å². The van der Waals surface area contributed by atoms with Crippen LogP contribution in [0.15, 0.2) is 121 Å². The highest BCUT2D eigenvalue weighted by Gasteiger charge is 2.40. The minimum absolute atomic E-state index is 0.135. The number of ether oxygens (including phenoxy) is 2. The second kappa shape index (κ2) is 13.7. The molecule has 5 aromatic rings. The monoisotopic (exact) mass is 633 g/mol. The van der Waals surface area contributed by atoms with Crippen LogP contribution in [0.5, 0.6) is 11.5 Å². The Kier molecular flexibility index (Phi) is 9.17.